The van der Waals surface area contributed by atoms with Crippen LogP contribution in [0.2, 0.25) is 0 Å². The van der Waals surface area contributed by atoms with Crippen molar-refractivity contribution in [1.29, 1.82) is 0 Å². The van der Waals surface area contributed by atoms with E-state index in [1.807, 2.05) is 0 Å². The van der Waals surface area contributed by atoms with Gasteiger partial charge in [-0.3, -0.25) is 29.4 Å². The first kappa shape index (κ1) is 23.5. The smallest absolute Gasteiger partial charge is 0.270 e. The Labute approximate surface area is 213 Å². The average Bonchev–Trinajstić information content (AvgIpc) is 3.12. The molecule has 2 aliphatic rings. The summed E-state index contributed by atoms with van der Waals surface area (Å²) in [5.74, 6) is -0.994. The molecule has 11 heteroatoms. The van der Waals surface area contributed by atoms with Crippen molar-refractivity contribution in [3.05, 3.63) is 91.9 Å². The number of amides is 3. The van der Waals surface area contributed by atoms with Crippen LogP contribution in [0, 0.1) is 10.1 Å². The van der Waals surface area contributed by atoms with E-state index in [1.54, 1.807) is 42.5 Å². The summed E-state index contributed by atoms with van der Waals surface area (Å²) in [5, 5.41) is 11.2. The molecule has 0 aliphatic carbocycles. The van der Waals surface area contributed by atoms with Crippen molar-refractivity contribution in [2.45, 2.75) is 12.1 Å². The number of imide groups is 1. The molecule has 1 saturated heterocycles. The van der Waals surface area contributed by atoms with Gasteiger partial charge in [-0.05, 0) is 48.5 Å². The normalized spacial score (nSPS) is 18.7. The SMILES string of the molecule is COc1ccc(OC)c([C@@H]2[C@H](N3C(=O)c4ccc([N+](=O)[O-])cc4C3=O)C(=O)N2c2ccc(Br)cc2)c1. The van der Waals surface area contributed by atoms with Gasteiger partial charge in [0, 0.05) is 27.9 Å². The molecule has 0 spiro atoms. The van der Waals surface area contributed by atoms with Crippen LogP contribution in [-0.2, 0) is 4.79 Å². The summed E-state index contributed by atoms with van der Waals surface area (Å²) in [4.78, 5) is 53.2. The van der Waals surface area contributed by atoms with E-state index in [4.69, 9.17) is 9.47 Å². The molecule has 1 fully saturated rings. The summed E-state index contributed by atoms with van der Waals surface area (Å²) >= 11 is 3.38. The van der Waals surface area contributed by atoms with Gasteiger partial charge in [0.25, 0.3) is 23.4 Å². The van der Waals surface area contributed by atoms with E-state index >= 15 is 0 Å². The zero-order valence-electron chi connectivity index (χ0n) is 19.0. The van der Waals surface area contributed by atoms with Crippen LogP contribution in [0.5, 0.6) is 11.5 Å². The van der Waals surface area contributed by atoms with E-state index < -0.39 is 34.7 Å². The number of ether oxygens (including phenoxy) is 2. The van der Waals surface area contributed by atoms with Gasteiger partial charge in [0.1, 0.15) is 17.5 Å². The zero-order chi connectivity index (χ0) is 25.7. The highest BCUT2D eigenvalue weighted by atomic mass is 79.9. The number of benzene rings is 3. The van der Waals surface area contributed by atoms with Gasteiger partial charge in [-0.15, -0.1) is 0 Å². The molecule has 36 heavy (non-hydrogen) atoms. The van der Waals surface area contributed by atoms with Crippen LogP contribution in [0.15, 0.2) is 65.1 Å². The maximum atomic E-state index is 13.6. The highest BCUT2D eigenvalue weighted by Crippen LogP contribution is 2.47. The van der Waals surface area contributed by atoms with E-state index in [0.717, 1.165) is 21.5 Å². The minimum absolute atomic E-state index is 0.0110. The van der Waals surface area contributed by atoms with Crippen molar-refractivity contribution in [3.8, 4) is 11.5 Å². The number of carbonyl (C=O) groups is 3. The van der Waals surface area contributed by atoms with E-state index in [-0.39, 0.29) is 16.8 Å². The lowest BCUT2D eigenvalue weighted by atomic mass is 9.85. The molecule has 0 aromatic heterocycles. The van der Waals surface area contributed by atoms with Gasteiger partial charge in [0.2, 0.25) is 0 Å². The van der Waals surface area contributed by atoms with Gasteiger partial charge in [0.05, 0.1) is 36.3 Å². The number of rotatable bonds is 6. The Morgan fingerprint density at radius 1 is 0.833 bits per heavy atom. The average molecular weight is 552 g/mol. The number of halogens is 1. The number of nitrogens with zero attached hydrogens (tertiary/aromatic N) is 3. The highest BCUT2D eigenvalue weighted by Gasteiger charge is 2.58. The van der Waals surface area contributed by atoms with Gasteiger partial charge in [-0.2, -0.15) is 0 Å². The summed E-state index contributed by atoms with van der Waals surface area (Å²) in [7, 11) is 2.98. The van der Waals surface area contributed by atoms with E-state index in [9.17, 15) is 24.5 Å². The summed E-state index contributed by atoms with van der Waals surface area (Å²) in [6.07, 6.45) is 0. The van der Waals surface area contributed by atoms with Crippen LogP contribution >= 0.6 is 15.9 Å². The quantitative estimate of drug-likeness (QED) is 0.195. The summed E-state index contributed by atoms with van der Waals surface area (Å²) in [5.41, 5.74) is 0.671. The molecule has 2 aliphatic heterocycles. The molecule has 0 unspecified atom stereocenters. The number of hydrogen-bond acceptors (Lipinski definition) is 7. The predicted octanol–water partition coefficient (Wildman–Crippen LogP) is 4.13. The number of nitro benzene ring substituents is 1. The lowest BCUT2D eigenvalue weighted by Crippen LogP contribution is -2.67. The van der Waals surface area contributed by atoms with Crippen molar-refractivity contribution in [3.63, 3.8) is 0 Å². The molecule has 3 aromatic rings. The minimum atomic E-state index is -1.19. The van der Waals surface area contributed by atoms with E-state index in [2.05, 4.69) is 15.9 Å². The van der Waals surface area contributed by atoms with Crippen molar-refractivity contribution in [2.24, 2.45) is 0 Å². The van der Waals surface area contributed by atoms with Crippen molar-refractivity contribution < 1.29 is 28.8 Å². The van der Waals surface area contributed by atoms with E-state index in [1.165, 1.54) is 25.2 Å². The number of β-lactam (4-membered cyclic amide) rings is 1. The van der Waals surface area contributed by atoms with Crippen LogP contribution in [0.4, 0.5) is 11.4 Å². The maximum Gasteiger partial charge on any atom is 0.270 e. The number of hydrogen-bond donors (Lipinski definition) is 0. The molecular weight excluding hydrogens is 534 g/mol. The Bertz CT molecular complexity index is 1440. The first-order chi connectivity index (χ1) is 17.3. The maximum absolute atomic E-state index is 13.6. The Hall–Kier alpha value is -4.25. The van der Waals surface area contributed by atoms with Gasteiger partial charge in [-0.1, -0.05) is 15.9 Å². The number of methoxy groups -OCH3 is 2. The molecule has 0 N–H and O–H groups in total. The largest absolute Gasteiger partial charge is 0.497 e. The van der Waals surface area contributed by atoms with Crippen molar-refractivity contribution in [1.82, 2.24) is 4.90 Å². The number of fused-ring (bicyclic) bond motifs is 1. The lowest BCUT2D eigenvalue weighted by Gasteiger charge is -2.50. The van der Waals surface area contributed by atoms with Crippen LogP contribution < -0.4 is 14.4 Å². The number of anilines is 1. The standard InChI is InChI=1S/C25H18BrN3O7/c1-35-16-8-10-20(36-2)19(12-16)21-22(25(32)27(21)14-5-3-13(26)4-6-14)28-23(30)17-9-7-15(29(33)34)11-18(17)24(28)31/h3-12,21-22H,1-2H3/t21-,22+/m1/s1. The third-order valence-corrected chi connectivity index (χ3v) is 6.85. The van der Waals surface area contributed by atoms with Gasteiger partial charge in [0.15, 0.2) is 0 Å². The molecule has 0 radical (unpaired) electrons. The second-order valence-corrected chi connectivity index (χ2v) is 9.07. The molecule has 182 valence electrons. The molecule has 10 nitrogen and oxygen atoms in total. The fraction of sp³-hybridized carbons (Fsp3) is 0.160. The molecule has 3 amide bonds. The Kier molecular flexibility index (Phi) is 5.71. The van der Waals surface area contributed by atoms with Crippen LogP contribution in [0.25, 0.3) is 0 Å². The summed E-state index contributed by atoms with van der Waals surface area (Å²) < 4.78 is 11.7. The lowest BCUT2D eigenvalue weighted by molar-refractivity contribution is -0.384. The first-order valence-corrected chi connectivity index (χ1v) is 11.5. The number of carbonyl (C=O) groups excluding carboxylic acids is 3. The second-order valence-electron chi connectivity index (χ2n) is 8.15. The zero-order valence-corrected chi connectivity index (χ0v) is 20.6. The molecule has 0 bridgehead atoms. The first-order valence-electron chi connectivity index (χ1n) is 10.7. The number of non-ortho nitro benzene ring substituents is 1. The number of nitro groups is 1. The molecule has 2 heterocycles. The van der Waals surface area contributed by atoms with Crippen molar-refractivity contribution >= 4 is 45.0 Å². The van der Waals surface area contributed by atoms with Gasteiger partial charge in [-0.25, -0.2) is 0 Å². The molecule has 3 aromatic carbocycles. The third kappa shape index (κ3) is 3.51. The van der Waals surface area contributed by atoms with Crippen LogP contribution in [0.3, 0.4) is 0 Å². The Morgan fingerprint density at radius 3 is 2.17 bits per heavy atom. The van der Waals surface area contributed by atoms with E-state index in [0.29, 0.717) is 22.7 Å². The van der Waals surface area contributed by atoms with Gasteiger partial charge < -0.3 is 14.4 Å². The molecule has 2 atom stereocenters. The van der Waals surface area contributed by atoms with Gasteiger partial charge >= 0.3 is 0 Å². The molecule has 0 saturated carbocycles. The predicted molar refractivity (Wildman–Crippen MR) is 131 cm³/mol. The van der Waals surface area contributed by atoms with Crippen LogP contribution in [0.1, 0.15) is 32.3 Å². The topological polar surface area (TPSA) is 119 Å². The molecule has 5 rings (SSSR count). The molecular formula is C25H18BrN3O7. The minimum Gasteiger partial charge on any atom is -0.497 e. The van der Waals surface area contributed by atoms with Crippen LogP contribution in [-0.4, -0.2) is 47.8 Å². The summed E-state index contributed by atoms with van der Waals surface area (Å²) in [6, 6.07) is 13.6. The Balaban J connectivity index is 1.63. The fourth-order valence-corrected chi connectivity index (χ4v) is 4.87. The Morgan fingerprint density at radius 2 is 1.53 bits per heavy atom. The summed E-state index contributed by atoms with van der Waals surface area (Å²) in [6.45, 7) is 0. The fourth-order valence-electron chi connectivity index (χ4n) is 4.61. The third-order valence-electron chi connectivity index (χ3n) is 6.32. The van der Waals surface area contributed by atoms with Crippen molar-refractivity contribution in [2.75, 3.05) is 19.1 Å². The second kappa shape index (κ2) is 8.76. The monoisotopic (exact) mass is 551 g/mol. The highest BCUT2D eigenvalue weighted by molar-refractivity contribution is 9.10.